The highest BCUT2D eigenvalue weighted by molar-refractivity contribution is 5.10. The molecule has 17 heavy (non-hydrogen) atoms. The highest BCUT2D eigenvalue weighted by Gasteiger charge is 2.43. The zero-order chi connectivity index (χ0) is 12.2. The third-order valence-corrected chi connectivity index (χ3v) is 4.77. The SMILES string of the molecule is N#CC1(CC2(C#N)CCCCC2)CCCCC1. The fraction of sp³-hybridized carbons (Fsp3) is 0.867. The quantitative estimate of drug-likeness (QED) is 0.709. The highest BCUT2D eigenvalue weighted by Crippen LogP contribution is 2.49. The van der Waals surface area contributed by atoms with Gasteiger partial charge in [-0.25, -0.2) is 0 Å². The molecule has 0 heterocycles. The summed E-state index contributed by atoms with van der Waals surface area (Å²) < 4.78 is 0. The van der Waals surface area contributed by atoms with Gasteiger partial charge in [0.1, 0.15) is 0 Å². The molecule has 2 nitrogen and oxygen atoms in total. The van der Waals surface area contributed by atoms with Gasteiger partial charge < -0.3 is 0 Å². The van der Waals surface area contributed by atoms with E-state index >= 15 is 0 Å². The molecule has 0 N–H and O–H groups in total. The van der Waals surface area contributed by atoms with Crippen molar-refractivity contribution in [2.24, 2.45) is 10.8 Å². The van der Waals surface area contributed by atoms with Gasteiger partial charge in [0.25, 0.3) is 0 Å². The summed E-state index contributed by atoms with van der Waals surface area (Å²) in [5.74, 6) is 0. The van der Waals surface area contributed by atoms with Crippen LogP contribution in [0.1, 0.15) is 70.6 Å². The van der Waals surface area contributed by atoms with Crippen molar-refractivity contribution in [2.75, 3.05) is 0 Å². The second kappa shape index (κ2) is 5.09. The molecule has 92 valence electrons. The van der Waals surface area contributed by atoms with E-state index in [2.05, 4.69) is 12.1 Å². The van der Waals surface area contributed by atoms with Crippen LogP contribution in [0.5, 0.6) is 0 Å². The van der Waals surface area contributed by atoms with Gasteiger partial charge in [-0.2, -0.15) is 10.5 Å². The molecule has 2 rings (SSSR count). The lowest BCUT2D eigenvalue weighted by Crippen LogP contribution is -2.33. The molecule has 0 aromatic carbocycles. The van der Waals surface area contributed by atoms with Crippen LogP contribution in [-0.2, 0) is 0 Å². The van der Waals surface area contributed by atoms with Gasteiger partial charge in [-0.15, -0.1) is 0 Å². The lowest BCUT2D eigenvalue weighted by molar-refractivity contribution is 0.138. The van der Waals surface area contributed by atoms with Crippen molar-refractivity contribution in [1.82, 2.24) is 0 Å². The summed E-state index contributed by atoms with van der Waals surface area (Å²) in [5, 5.41) is 19.0. The van der Waals surface area contributed by atoms with E-state index in [0.717, 1.165) is 32.1 Å². The van der Waals surface area contributed by atoms with E-state index < -0.39 is 0 Å². The molecule has 0 aliphatic heterocycles. The standard InChI is InChI=1S/C15H22N2/c16-12-14(7-3-1-4-8-14)11-15(13-17)9-5-2-6-10-15/h1-11H2. The van der Waals surface area contributed by atoms with Crippen molar-refractivity contribution in [1.29, 1.82) is 10.5 Å². The minimum Gasteiger partial charge on any atom is -0.198 e. The van der Waals surface area contributed by atoms with E-state index in [1.54, 1.807) is 0 Å². The third-order valence-electron chi connectivity index (χ3n) is 4.77. The van der Waals surface area contributed by atoms with Crippen LogP contribution in [0.15, 0.2) is 0 Å². The van der Waals surface area contributed by atoms with Gasteiger partial charge >= 0.3 is 0 Å². The average Bonchev–Trinajstić information content (AvgIpc) is 2.41. The Labute approximate surface area is 105 Å². The molecular formula is C15H22N2. The number of nitriles is 2. The lowest BCUT2D eigenvalue weighted by atomic mass is 9.61. The van der Waals surface area contributed by atoms with Crippen LogP contribution in [0, 0.1) is 33.5 Å². The van der Waals surface area contributed by atoms with E-state index in [-0.39, 0.29) is 10.8 Å². The van der Waals surface area contributed by atoms with E-state index in [0.29, 0.717) is 0 Å². The third kappa shape index (κ3) is 2.63. The Morgan fingerprint density at radius 2 is 1.00 bits per heavy atom. The number of hydrogen-bond donors (Lipinski definition) is 0. The van der Waals surface area contributed by atoms with Gasteiger partial charge in [-0.3, -0.25) is 0 Å². The predicted octanol–water partition coefficient (Wildman–Crippen LogP) is 4.32. The molecule has 0 aromatic heterocycles. The van der Waals surface area contributed by atoms with Gasteiger partial charge in [-0.1, -0.05) is 38.5 Å². The van der Waals surface area contributed by atoms with Crippen molar-refractivity contribution in [3.05, 3.63) is 0 Å². The summed E-state index contributed by atoms with van der Waals surface area (Å²) in [5.41, 5.74) is -0.351. The molecule has 2 saturated carbocycles. The van der Waals surface area contributed by atoms with Crippen LogP contribution in [0.3, 0.4) is 0 Å². The molecule has 2 aliphatic rings. The Kier molecular flexibility index (Phi) is 3.72. The first-order chi connectivity index (χ1) is 8.24. The van der Waals surface area contributed by atoms with Crippen LogP contribution in [-0.4, -0.2) is 0 Å². The normalized spacial score (nSPS) is 26.7. The summed E-state index contributed by atoms with van der Waals surface area (Å²) in [4.78, 5) is 0. The van der Waals surface area contributed by atoms with Crippen molar-refractivity contribution >= 4 is 0 Å². The summed E-state index contributed by atoms with van der Waals surface area (Å²) in [7, 11) is 0. The smallest absolute Gasteiger partial charge is 0.0690 e. The maximum atomic E-state index is 9.52. The average molecular weight is 230 g/mol. The molecule has 2 fully saturated rings. The Morgan fingerprint density at radius 3 is 1.29 bits per heavy atom. The zero-order valence-electron chi connectivity index (χ0n) is 10.7. The highest BCUT2D eigenvalue weighted by atomic mass is 14.5. The Balaban J connectivity index is 2.11. The van der Waals surface area contributed by atoms with Crippen LogP contribution < -0.4 is 0 Å². The van der Waals surface area contributed by atoms with Gasteiger partial charge in [0, 0.05) is 0 Å². The molecule has 2 heteroatoms. The molecular weight excluding hydrogens is 208 g/mol. The minimum atomic E-state index is -0.175. The van der Waals surface area contributed by atoms with Gasteiger partial charge in [0.15, 0.2) is 0 Å². The molecule has 0 amide bonds. The number of hydrogen-bond acceptors (Lipinski definition) is 2. The first kappa shape index (κ1) is 12.4. The monoisotopic (exact) mass is 230 g/mol. The zero-order valence-corrected chi connectivity index (χ0v) is 10.7. The Morgan fingerprint density at radius 1 is 0.647 bits per heavy atom. The van der Waals surface area contributed by atoms with E-state index in [1.807, 2.05) is 0 Å². The van der Waals surface area contributed by atoms with Crippen LogP contribution in [0.2, 0.25) is 0 Å². The first-order valence-electron chi connectivity index (χ1n) is 7.07. The lowest BCUT2D eigenvalue weighted by Gasteiger charge is -2.39. The molecule has 0 unspecified atom stereocenters. The molecule has 0 spiro atoms. The van der Waals surface area contributed by atoms with Gasteiger partial charge in [-0.05, 0) is 32.1 Å². The van der Waals surface area contributed by atoms with Gasteiger partial charge in [0.2, 0.25) is 0 Å². The molecule has 0 radical (unpaired) electrons. The predicted molar refractivity (Wildman–Crippen MR) is 66.9 cm³/mol. The van der Waals surface area contributed by atoms with Gasteiger partial charge in [0.05, 0.1) is 23.0 Å². The van der Waals surface area contributed by atoms with Crippen molar-refractivity contribution in [2.45, 2.75) is 70.6 Å². The topological polar surface area (TPSA) is 47.6 Å². The molecule has 0 atom stereocenters. The van der Waals surface area contributed by atoms with E-state index in [9.17, 15) is 10.5 Å². The van der Waals surface area contributed by atoms with E-state index in [4.69, 9.17) is 0 Å². The largest absolute Gasteiger partial charge is 0.198 e. The molecule has 0 saturated heterocycles. The molecule has 0 bridgehead atoms. The fourth-order valence-electron chi connectivity index (χ4n) is 3.76. The maximum Gasteiger partial charge on any atom is 0.0690 e. The van der Waals surface area contributed by atoms with Crippen molar-refractivity contribution in [3.8, 4) is 12.1 Å². The fourth-order valence-corrected chi connectivity index (χ4v) is 3.76. The first-order valence-corrected chi connectivity index (χ1v) is 7.07. The van der Waals surface area contributed by atoms with Crippen LogP contribution in [0.25, 0.3) is 0 Å². The second-order valence-corrected chi connectivity index (χ2v) is 6.08. The number of nitrogens with zero attached hydrogens (tertiary/aromatic N) is 2. The summed E-state index contributed by atoms with van der Waals surface area (Å²) in [6.07, 6.45) is 12.2. The Hall–Kier alpha value is -1.02. The van der Waals surface area contributed by atoms with Crippen molar-refractivity contribution < 1.29 is 0 Å². The molecule has 2 aliphatic carbocycles. The Bertz CT molecular complexity index is 299. The number of rotatable bonds is 2. The summed E-state index contributed by atoms with van der Waals surface area (Å²) in [6.45, 7) is 0. The minimum absolute atomic E-state index is 0.175. The van der Waals surface area contributed by atoms with E-state index in [1.165, 1.54) is 38.5 Å². The van der Waals surface area contributed by atoms with Crippen molar-refractivity contribution in [3.63, 3.8) is 0 Å². The van der Waals surface area contributed by atoms with Crippen LogP contribution in [0.4, 0.5) is 0 Å². The maximum absolute atomic E-state index is 9.52. The summed E-state index contributed by atoms with van der Waals surface area (Å²) in [6, 6.07) is 5.15. The molecule has 0 aromatic rings. The summed E-state index contributed by atoms with van der Waals surface area (Å²) >= 11 is 0. The second-order valence-electron chi connectivity index (χ2n) is 6.08. The van der Waals surface area contributed by atoms with Crippen LogP contribution >= 0.6 is 0 Å².